The van der Waals surface area contributed by atoms with Gasteiger partial charge >= 0.3 is 0 Å². The summed E-state index contributed by atoms with van der Waals surface area (Å²) in [5, 5.41) is 12.0. The van der Waals surface area contributed by atoms with Gasteiger partial charge in [-0.1, -0.05) is 0 Å². The van der Waals surface area contributed by atoms with Crippen LogP contribution >= 0.6 is 27.7 Å². The molecule has 0 saturated carbocycles. The number of nitrogens with zero attached hydrogens (tertiary/aromatic N) is 2. The fourth-order valence-corrected chi connectivity index (χ4v) is 6.17. The van der Waals surface area contributed by atoms with Crippen molar-refractivity contribution in [3.63, 3.8) is 0 Å². The molecule has 7 heteroatoms. The zero-order valence-corrected chi connectivity index (χ0v) is 18.9. The first-order chi connectivity index (χ1) is 12.8. The number of hydrogen-bond acceptors (Lipinski definition) is 5. The number of ether oxygens (including phenoxy) is 1. The molecule has 0 spiro atoms. The second-order valence-corrected chi connectivity index (χ2v) is 11.2. The average Bonchev–Trinajstić information content (AvgIpc) is 3.19. The van der Waals surface area contributed by atoms with Gasteiger partial charge in [0.25, 0.3) is 0 Å². The molecule has 27 heavy (non-hydrogen) atoms. The van der Waals surface area contributed by atoms with Gasteiger partial charge in [-0.05, 0) is 75.0 Å². The summed E-state index contributed by atoms with van der Waals surface area (Å²) >= 11 is 5.73. The highest BCUT2D eigenvalue weighted by Gasteiger charge is 2.43. The molecule has 3 atom stereocenters. The highest BCUT2D eigenvalue weighted by atomic mass is 79.9. The third-order valence-electron chi connectivity index (χ3n) is 5.20. The van der Waals surface area contributed by atoms with Crippen molar-refractivity contribution in [2.45, 2.75) is 76.1 Å². The third kappa shape index (κ3) is 4.02. The summed E-state index contributed by atoms with van der Waals surface area (Å²) in [6.07, 6.45) is 8.70. The Morgan fingerprint density at radius 1 is 1.41 bits per heavy atom. The Morgan fingerprint density at radius 2 is 2.22 bits per heavy atom. The van der Waals surface area contributed by atoms with E-state index >= 15 is 0 Å². The summed E-state index contributed by atoms with van der Waals surface area (Å²) in [7, 11) is 0. The lowest BCUT2D eigenvalue weighted by molar-refractivity contribution is -0.0418. The van der Waals surface area contributed by atoms with Gasteiger partial charge in [0.15, 0.2) is 6.23 Å². The van der Waals surface area contributed by atoms with Crippen LogP contribution in [0.5, 0.6) is 0 Å². The smallest absolute Gasteiger partial charge is 0.150 e. The van der Waals surface area contributed by atoms with Crippen LogP contribution in [0, 0.1) is 0 Å². The Labute approximate surface area is 174 Å². The molecule has 0 amide bonds. The molecular weight excluding hydrogens is 424 g/mol. The van der Waals surface area contributed by atoms with Crippen LogP contribution < -0.4 is 10.6 Å². The topological polar surface area (TPSA) is 51.1 Å². The highest BCUT2D eigenvalue weighted by molar-refractivity contribution is 9.12. The number of nitrogens with one attached hydrogen (secondary N) is 2. The minimum atomic E-state index is -0.0571. The summed E-state index contributed by atoms with van der Waals surface area (Å²) in [6, 6.07) is 2.16. The van der Waals surface area contributed by atoms with Crippen LogP contribution in [0.3, 0.4) is 0 Å². The molecule has 3 aliphatic heterocycles. The first-order valence-electron chi connectivity index (χ1n) is 9.75. The lowest BCUT2D eigenvalue weighted by atomic mass is 9.99. The Kier molecular flexibility index (Phi) is 5.25. The van der Waals surface area contributed by atoms with E-state index in [1.165, 1.54) is 27.2 Å². The molecule has 5 nitrogen and oxygen atoms in total. The van der Waals surface area contributed by atoms with E-state index in [1.807, 2.05) is 18.0 Å². The van der Waals surface area contributed by atoms with Crippen LogP contribution in [0.15, 0.2) is 33.4 Å². The Hall–Kier alpha value is -0.760. The molecule has 0 radical (unpaired) electrons. The zero-order chi connectivity index (χ0) is 19.2. The number of dihydropyridines is 1. The molecule has 0 aromatic carbocycles. The van der Waals surface area contributed by atoms with Crippen molar-refractivity contribution in [2.75, 3.05) is 6.61 Å². The number of halogens is 1. The van der Waals surface area contributed by atoms with Crippen LogP contribution in [-0.2, 0) is 9.48 Å². The normalized spacial score (nSPS) is 31.5. The molecule has 4 heterocycles. The maximum atomic E-state index is 6.01. The molecule has 0 aliphatic carbocycles. The molecule has 1 aromatic rings. The maximum absolute atomic E-state index is 6.01. The van der Waals surface area contributed by atoms with Crippen molar-refractivity contribution in [3.05, 3.63) is 39.1 Å². The Bertz CT molecular complexity index is 775. The molecule has 0 bridgehead atoms. The molecular formula is C20H29BrN4OS. The van der Waals surface area contributed by atoms with Crippen LogP contribution in [-0.4, -0.2) is 28.1 Å². The first-order valence-corrected chi connectivity index (χ1v) is 11.4. The average molecular weight is 453 g/mol. The number of aromatic nitrogens is 2. The minimum Gasteiger partial charge on any atom is -0.369 e. The summed E-state index contributed by atoms with van der Waals surface area (Å²) in [5.41, 5.74) is 2.60. The molecule has 1 saturated heterocycles. The summed E-state index contributed by atoms with van der Waals surface area (Å²) in [4.78, 5) is 1.31. The van der Waals surface area contributed by atoms with E-state index in [-0.39, 0.29) is 22.7 Å². The van der Waals surface area contributed by atoms with Gasteiger partial charge in [0.05, 0.1) is 16.6 Å². The van der Waals surface area contributed by atoms with E-state index < -0.39 is 0 Å². The second kappa shape index (κ2) is 7.25. The predicted molar refractivity (Wildman–Crippen MR) is 114 cm³/mol. The van der Waals surface area contributed by atoms with E-state index in [0.717, 1.165) is 25.9 Å². The van der Waals surface area contributed by atoms with E-state index in [0.29, 0.717) is 0 Å². The van der Waals surface area contributed by atoms with Crippen LogP contribution in [0.4, 0.5) is 0 Å². The number of allylic oxidation sites excluding steroid dienone is 2. The summed E-state index contributed by atoms with van der Waals surface area (Å²) < 4.78 is 9.24. The van der Waals surface area contributed by atoms with Gasteiger partial charge in [-0.15, -0.1) is 11.8 Å². The first kappa shape index (κ1) is 19.6. The molecule has 3 aliphatic rings. The van der Waals surface area contributed by atoms with E-state index in [4.69, 9.17) is 4.74 Å². The monoisotopic (exact) mass is 452 g/mol. The second-order valence-electron chi connectivity index (χ2n) is 8.83. The third-order valence-corrected chi connectivity index (χ3v) is 7.60. The van der Waals surface area contributed by atoms with E-state index in [2.05, 4.69) is 76.2 Å². The van der Waals surface area contributed by atoms with Gasteiger partial charge in [-0.3, -0.25) is 5.32 Å². The molecule has 4 rings (SSSR count). The lowest BCUT2D eigenvalue weighted by Crippen LogP contribution is -2.50. The fraction of sp³-hybridized carbons (Fsp3) is 0.650. The van der Waals surface area contributed by atoms with Crippen molar-refractivity contribution in [1.82, 2.24) is 20.4 Å². The van der Waals surface area contributed by atoms with Crippen LogP contribution in [0.25, 0.3) is 0 Å². The molecule has 3 unspecified atom stereocenters. The van der Waals surface area contributed by atoms with Crippen LogP contribution in [0.1, 0.15) is 65.3 Å². The van der Waals surface area contributed by atoms with Crippen molar-refractivity contribution in [3.8, 4) is 0 Å². The SMILES string of the molecule is CC(C)(C)NC1C=C(Br)C2=C(CC(C)(c3ccnn3C3CCCCO3)S2)N1. The van der Waals surface area contributed by atoms with Gasteiger partial charge in [0, 0.05) is 39.8 Å². The standard InChI is InChI=1S/C20H29BrN4OS/c1-19(2,3)24-16-11-13(21)18-14(23-16)12-20(4,27-18)15-8-9-22-25(15)17-7-5-6-10-26-17/h8-9,11,16-17,23-24H,5-7,10,12H2,1-4H3. The minimum absolute atomic E-state index is 0.0471. The van der Waals surface area contributed by atoms with Gasteiger partial charge in [0.2, 0.25) is 0 Å². The van der Waals surface area contributed by atoms with Gasteiger partial charge in [-0.2, -0.15) is 5.10 Å². The quantitative estimate of drug-likeness (QED) is 0.693. The summed E-state index contributed by atoms with van der Waals surface area (Å²) in [6.45, 7) is 9.72. The van der Waals surface area contributed by atoms with E-state index in [9.17, 15) is 0 Å². The largest absolute Gasteiger partial charge is 0.369 e. The molecule has 1 fully saturated rings. The number of thioether (sulfide) groups is 1. The predicted octanol–water partition coefficient (Wildman–Crippen LogP) is 4.74. The van der Waals surface area contributed by atoms with Crippen LogP contribution in [0.2, 0.25) is 0 Å². The van der Waals surface area contributed by atoms with Gasteiger partial charge in [0.1, 0.15) is 0 Å². The van der Waals surface area contributed by atoms with Gasteiger partial charge < -0.3 is 10.1 Å². The molecule has 1 aromatic heterocycles. The van der Waals surface area contributed by atoms with E-state index in [1.54, 1.807) is 0 Å². The van der Waals surface area contributed by atoms with Crippen molar-refractivity contribution < 1.29 is 4.74 Å². The highest BCUT2D eigenvalue weighted by Crippen LogP contribution is 2.56. The fourth-order valence-electron chi connectivity index (χ4n) is 4.07. The van der Waals surface area contributed by atoms with Gasteiger partial charge in [-0.25, -0.2) is 4.68 Å². The Morgan fingerprint density at radius 3 is 2.93 bits per heavy atom. The van der Waals surface area contributed by atoms with Crippen molar-refractivity contribution in [1.29, 1.82) is 0 Å². The lowest BCUT2D eigenvalue weighted by Gasteiger charge is -2.31. The maximum Gasteiger partial charge on any atom is 0.150 e. The Balaban J connectivity index is 1.55. The summed E-state index contributed by atoms with van der Waals surface area (Å²) in [5.74, 6) is 0. The zero-order valence-electron chi connectivity index (χ0n) is 16.5. The van der Waals surface area contributed by atoms with Crippen molar-refractivity contribution >= 4 is 27.7 Å². The van der Waals surface area contributed by atoms with Crippen molar-refractivity contribution in [2.24, 2.45) is 0 Å². The molecule has 148 valence electrons. The molecule has 2 N–H and O–H groups in total. The number of rotatable bonds is 3. The number of hydrogen-bond donors (Lipinski definition) is 2.